The van der Waals surface area contributed by atoms with Gasteiger partial charge in [0.25, 0.3) is 0 Å². The smallest absolute Gasteiger partial charge is 0.149 e. The van der Waals surface area contributed by atoms with Crippen LogP contribution in [-0.4, -0.2) is 9.97 Å². The minimum absolute atomic E-state index is 0.354. The molecular formula is C24H17BrFN3O. The molecule has 30 heavy (non-hydrogen) atoms. The maximum absolute atomic E-state index is 13.4. The maximum Gasteiger partial charge on any atom is 0.149 e. The first-order valence-corrected chi connectivity index (χ1v) is 10.1. The summed E-state index contributed by atoms with van der Waals surface area (Å²) < 4.78 is 20.1. The van der Waals surface area contributed by atoms with Gasteiger partial charge in [0.15, 0.2) is 0 Å². The summed E-state index contributed by atoms with van der Waals surface area (Å²) >= 11 is 3.53. The molecule has 0 saturated carbocycles. The van der Waals surface area contributed by atoms with E-state index in [0.29, 0.717) is 34.8 Å². The second-order valence-corrected chi connectivity index (χ2v) is 7.74. The average Bonchev–Trinajstić information content (AvgIpc) is 3.15. The van der Waals surface area contributed by atoms with Gasteiger partial charge in [0.2, 0.25) is 0 Å². The molecule has 0 aliphatic rings. The Morgan fingerprint density at radius 3 is 2.70 bits per heavy atom. The zero-order valence-corrected chi connectivity index (χ0v) is 17.7. The third-order valence-electron chi connectivity index (χ3n) is 4.60. The van der Waals surface area contributed by atoms with E-state index in [1.807, 2.05) is 37.3 Å². The lowest BCUT2D eigenvalue weighted by Gasteiger charge is -2.09. The average molecular weight is 462 g/mol. The molecule has 1 aromatic heterocycles. The molecule has 4 aromatic rings. The SMILES string of the molecule is Cc1ccc(COc2ccc(/C=C(/C#N)c3nc4ccc(F)cc4[nH]3)cc2Br)cc1. The maximum atomic E-state index is 13.4. The molecule has 0 fully saturated rings. The zero-order chi connectivity index (χ0) is 21.1. The number of benzene rings is 3. The number of nitrogens with zero attached hydrogens (tertiary/aromatic N) is 2. The molecule has 3 aromatic carbocycles. The summed E-state index contributed by atoms with van der Waals surface area (Å²) in [5.74, 6) is 0.754. The molecule has 0 saturated heterocycles. The van der Waals surface area contributed by atoms with Gasteiger partial charge in [-0.1, -0.05) is 35.9 Å². The molecule has 0 aliphatic carbocycles. The van der Waals surface area contributed by atoms with Gasteiger partial charge >= 0.3 is 0 Å². The molecule has 4 rings (SSSR count). The van der Waals surface area contributed by atoms with Crippen molar-refractivity contribution in [3.8, 4) is 11.8 Å². The van der Waals surface area contributed by atoms with Crippen molar-refractivity contribution in [1.82, 2.24) is 9.97 Å². The van der Waals surface area contributed by atoms with Crippen LogP contribution in [0.3, 0.4) is 0 Å². The molecule has 0 unspecified atom stereocenters. The summed E-state index contributed by atoms with van der Waals surface area (Å²) in [7, 11) is 0. The standard InChI is InChI=1S/C24H17BrFN3O/c1-15-2-4-16(5-3-15)14-30-23-9-6-17(11-20(23)25)10-18(13-27)24-28-21-8-7-19(26)12-22(21)29-24/h2-12H,14H2,1H3,(H,28,29)/b18-10-. The van der Waals surface area contributed by atoms with Crippen LogP contribution in [0.2, 0.25) is 0 Å². The van der Waals surface area contributed by atoms with E-state index in [2.05, 4.69) is 44.1 Å². The van der Waals surface area contributed by atoms with E-state index in [9.17, 15) is 9.65 Å². The molecule has 0 radical (unpaired) electrons. The highest BCUT2D eigenvalue weighted by Gasteiger charge is 2.10. The Kier molecular flexibility index (Phi) is 5.64. The van der Waals surface area contributed by atoms with Crippen molar-refractivity contribution in [1.29, 1.82) is 5.26 Å². The summed E-state index contributed by atoms with van der Waals surface area (Å²) in [5, 5.41) is 9.59. The number of imidazole rings is 1. The molecule has 0 aliphatic heterocycles. The summed E-state index contributed by atoms with van der Waals surface area (Å²) in [6, 6.07) is 20.2. The predicted octanol–water partition coefficient (Wildman–Crippen LogP) is 6.42. The van der Waals surface area contributed by atoms with Crippen molar-refractivity contribution in [3.05, 3.63) is 93.5 Å². The third-order valence-corrected chi connectivity index (χ3v) is 5.22. The number of allylic oxidation sites excluding steroid dienone is 1. The lowest BCUT2D eigenvalue weighted by molar-refractivity contribution is 0.304. The topological polar surface area (TPSA) is 61.7 Å². The lowest BCUT2D eigenvalue weighted by atomic mass is 10.1. The Morgan fingerprint density at radius 1 is 1.17 bits per heavy atom. The van der Waals surface area contributed by atoms with Gasteiger partial charge in [0.1, 0.15) is 30.1 Å². The van der Waals surface area contributed by atoms with Crippen LogP contribution in [0.25, 0.3) is 22.7 Å². The van der Waals surface area contributed by atoms with E-state index in [1.165, 1.54) is 17.7 Å². The number of hydrogen-bond acceptors (Lipinski definition) is 3. The fourth-order valence-corrected chi connectivity index (χ4v) is 3.51. The van der Waals surface area contributed by atoms with Crippen molar-refractivity contribution in [2.75, 3.05) is 0 Å². The monoisotopic (exact) mass is 461 g/mol. The number of H-pyrrole nitrogens is 1. The van der Waals surface area contributed by atoms with Crippen LogP contribution in [0.4, 0.5) is 4.39 Å². The molecule has 0 amide bonds. The minimum atomic E-state index is -0.356. The normalized spacial score (nSPS) is 11.5. The molecule has 6 heteroatoms. The molecule has 148 valence electrons. The number of ether oxygens (including phenoxy) is 1. The number of aromatic nitrogens is 2. The second kappa shape index (κ2) is 8.52. The van der Waals surface area contributed by atoms with E-state index in [1.54, 1.807) is 12.1 Å². The van der Waals surface area contributed by atoms with E-state index >= 15 is 0 Å². The van der Waals surface area contributed by atoms with Crippen molar-refractivity contribution in [2.45, 2.75) is 13.5 Å². The Labute approximate surface area is 181 Å². The fraction of sp³-hybridized carbons (Fsp3) is 0.0833. The molecular weight excluding hydrogens is 445 g/mol. The number of aryl methyl sites for hydroxylation is 1. The van der Waals surface area contributed by atoms with Crippen molar-refractivity contribution in [3.63, 3.8) is 0 Å². The number of aromatic amines is 1. The molecule has 0 spiro atoms. The first-order valence-electron chi connectivity index (χ1n) is 9.27. The summed E-state index contributed by atoms with van der Waals surface area (Å²) in [4.78, 5) is 7.38. The van der Waals surface area contributed by atoms with Gasteiger partial charge in [-0.15, -0.1) is 0 Å². The first-order chi connectivity index (χ1) is 14.5. The van der Waals surface area contributed by atoms with Crippen LogP contribution < -0.4 is 4.74 Å². The number of nitrogens with one attached hydrogen (secondary N) is 1. The van der Waals surface area contributed by atoms with Gasteiger partial charge in [-0.3, -0.25) is 0 Å². The van der Waals surface area contributed by atoms with Crippen LogP contribution in [0.5, 0.6) is 5.75 Å². The molecule has 1 heterocycles. The summed E-state index contributed by atoms with van der Waals surface area (Å²) in [6.07, 6.45) is 1.72. The largest absolute Gasteiger partial charge is 0.488 e. The van der Waals surface area contributed by atoms with Gasteiger partial charge in [-0.05, 0) is 70.4 Å². The van der Waals surface area contributed by atoms with Gasteiger partial charge < -0.3 is 9.72 Å². The predicted molar refractivity (Wildman–Crippen MR) is 119 cm³/mol. The number of rotatable bonds is 5. The lowest BCUT2D eigenvalue weighted by Crippen LogP contribution is -1.96. The highest BCUT2D eigenvalue weighted by atomic mass is 79.9. The van der Waals surface area contributed by atoms with Crippen LogP contribution in [0.15, 0.2) is 65.1 Å². The highest BCUT2D eigenvalue weighted by molar-refractivity contribution is 9.10. The van der Waals surface area contributed by atoms with Gasteiger partial charge in [-0.25, -0.2) is 9.37 Å². The van der Waals surface area contributed by atoms with E-state index in [0.717, 1.165) is 15.6 Å². The van der Waals surface area contributed by atoms with E-state index in [4.69, 9.17) is 4.74 Å². The number of nitriles is 1. The van der Waals surface area contributed by atoms with Crippen molar-refractivity contribution < 1.29 is 9.13 Å². The van der Waals surface area contributed by atoms with Gasteiger partial charge in [-0.2, -0.15) is 5.26 Å². The first kappa shape index (κ1) is 19.9. The summed E-state index contributed by atoms with van der Waals surface area (Å²) in [5.41, 5.74) is 4.61. The van der Waals surface area contributed by atoms with Gasteiger partial charge in [0.05, 0.1) is 21.1 Å². The van der Waals surface area contributed by atoms with Crippen LogP contribution in [0.1, 0.15) is 22.5 Å². The van der Waals surface area contributed by atoms with E-state index < -0.39 is 0 Å². The highest BCUT2D eigenvalue weighted by Crippen LogP contribution is 2.29. The Bertz CT molecular complexity index is 1290. The zero-order valence-electron chi connectivity index (χ0n) is 16.1. The molecule has 0 atom stereocenters. The number of fused-ring (bicyclic) bond motifs is 1. The Morgan fingerprint density at radius 2 is 1.97 bits per heavy atom. The third kappa shape index (κ3) is 4.42. The second-order valence-electron chi connectivity index (χ2n) is 6.88. The molecule has 1 N–H and O–H groups in total. The Balaban J connectivity index is 1.55. The van der Waals surface area contributed by atoms with Crippen LogP contribution in [-0.2, 0) is 6.61 Å². The van der Waals surface area contributed by atoms with Crippen LogP contribution in [0, 0.1) is 24.1 Å². The van der Waals surface area contributed by atoms with Crippen LogP contribution >= 0.6 is 15.9 Å². The molecule has 0 bridgehead atoms. The quantitative estimate of drug-likeness (QED) is 0.349. The van der Waals surface area contributed by atoms with Crippen molar-refractivity contribution >= 4 is 38.6 Å². The van der Waals surface area contributed by atoms with Crippen molar-refractivity contribution in [2.24, 2.45) is 0 Å². The number of hydrogen-bond donors (Lipinski definition) is 1. The number of halogens is 2. The molecule has 4 nitrogen and oxygen atoms in total. The fourth-order valence-electron chi connectivity index (χ4n) is 3.00. The summed E-state index contributed by atoms with van der Waals surface area (Å²) in [6.45, 7) is 2.51. The Hall–Kier alpha value is -3.43. The van der Waals surface area contributed by atoms with E-state index in [-0.39, 0.29) is 5.82 Å². The minimum Gasteiger partial charge on any atom is -0.488 e. The van der Waals surface area contributed by atoms with Gasteiger partial charge in [0, 0.05) is 0 Å².